The first-order valence-corrected chi connectivity index (χ1v) is 11.9. The van der Waals surface area contributed by atoms with E-state index in [1.807, 2.05) is 0 Å². The summed E-state index contributed by atoms with van der Waals surface area (Å²) in [5.41, 5.74) is 0.439. The van der Waals surface area contributed by atoms with Crippen molar-refractivity contribution in [2.75, 3.05) is 6.61 Å². The second-order valence-electron chi connectivity index (χ2n) is 8.66. The Labute approximate surface area is 186 Å². The van der Waals surface area contributed by atoms with Crippen molar-refractivity contribution in [1.29, 1.82) is 0 Å². The van der Waals surface area contributed by atoms with Crippen molar-refractivity contribution in [2.24, 2.45) is 11.8 Å². The second kappa shape index (κ2) is 12.5. The van der Waals surface area contributed by atoms with E-state index in [9.17, 15) is 9.18 Å². The number of carbonyl (C=O) groups excluding carboxylic acids is 1. The smallest absolute Gasteiger partial charge is 0.343 e. The highest BCUT2D eigenvalue weighted by Gasteiger charge is 2.24. The van der Waals surface area contributed by atoms with E-state index in [2.05, 4.69) is 6.92 Å². The minimum atomic E-state index is -0.468. The Hall–Kier alpha value is -2.36. The molecule has 1 aliphatic rings. The highest BCUT2D eigenvalue weighted by molar-refractivity contribution is 5.91. The largest absolute Gasteiger partial charge is 0.494 e. The molecule has 4 heteroatoms. The minimum absolute atomic E-state index is 0.322. The van der Waals surface area contributed by atoms with E-state index >= 15 is 0 Å². The van der Waals surface area contributed by atoms with Crippen LogP contribution in [0.5, 0.6) is 11.5 Å². The molecule has 2 aromatic rings. The maximum Gasteiger partial charge on any atom is 0.343 e. The summed E-state index contributed by atoms with van der Waals surface area (Å²) in [6, 6.07) is 12.4. The van der Waals surface area contributed by atoms with Gasteiger partial charge in [-0.15, -0.1) is 0 Å². The number of rotatable bonds is 11. The number of ether oxygens (including phenoxy) is 2. The molecular formula is C27H35FO3. The fourth-order valence-electron chi connectivity index (χ4n) is 4.59. The Morgan fingerprint density at radius 3 is 2.13 bits per heavy atom. The van der Waals surface area contributed by atoms with Gasteiger partial charge in [-0.25, -0.2) is 9.18 Å². The van der Waals surface area contributed by atoms with Crippen LogP contribution in [0.2, 0.25) is 0 Å². The maximum absolute atomic E-state index is 13.0. The van der Waals surface area contributed by atoms with Gasteiger partial charge < -0.3 is 9.47 Å². The summed E-state index contributed by atoms with van der Waals surface area (Å²) in [6.45, 7) is 2.98. The van der Waals surface area contributed by atoms with Crippen molar-refractivity contribution in [2.45, 2.75) is 71.1 Å². The van der Waals surface area contributed by atoms with Gasteiger partial charge in [-0.2, -0.15) is 0 Å². The number of carbonyl (C=O) groups is 1. The lowest BCUT2D eigenvalue weighted by Gasteiger charge is -2.31. The van der Waals surface area contributed by atoms with Crippen molar-refractivity contribution >= 4 is 5.97 Å². The summed E-state index contributed by atoms with van der Waals surface area (Å²) >= 11 is 0. The zero-order valence-corrected chi connectivity index (χ0v) is 18.7. The monoisotopic (exact) mass is 426 g/mol. The maximum atomic E-state index is 13.0. The Balaban J connectivity index is 1.39. The fourth-order valence-corrected chi connectivity index (χ4v) is 4.59. The van der Waals surface area contributed by atoms with E-state index in [1.54, 1.807) is 24.3 Å². The lowest BCUT2D eigenvalue weighted by atomic mass is 9.74. The topological polar surface area (TPSA) is 35.5 Å². The quantitative estimate of drug-likeness (QED) is 0.211. The summed E-state index contributed by atoms with van der Waals surface area (Å²) in [5.74, 6) is 2.02. The van der Waals surface area contributed by atoms with Crippen LogP contribution in [-0.2, 0) is 0 Å². The Morgan fingerprint density at radius 2 is 1.48 bits per heavy atom. The van der Waals surface area contributed by atoms with E-state index in [-0.39, 0.29) is 5.82 Å². The summed E-state index contributed by atoms with van der Waals surface area (Å²) in [4.78, 5) is 12.2. The number of unbranched alkanes of at least 4 members (excludes halogenated alkanes) is 2. The molecule has 2 unspecified atom stereocenters. The van der Waals surface area contributed by atoms with Crippen LogP contribution in [0.25, 0.3) is 0 Å². The molecule has 1 fully saturated rings. The molecule has 168 valence electrons. The summed E-state index contributed by atoms with van der Waals surface area (Å²) < 4.78 is 24.1. The minimum Gasteiger partial charge on any atom is -0.494 e. The van der Waals surface area contributed by atoms with Gasteiger partial charge in [0.2, 0.25) is 0 Å². The average molecular weight is 427 g/mol. The molecule has 0 bridgehead atoms. The fraction of sp³-hybridized carbons (Fsp3) is 0.519. The van der Waals surface area contributed by atoms with Gasteiger partial charge in [-0.3, -0.25) is 0 Å². The lowest BCUT2D eigenvalue weighted by molar-refractivity contribution is 0.0734. The Bertz CT molecular complexity index is 785. The molecule has 3 rings (SSSR count). The van der Waals surface area contributed by atoms with Gasteiger partial charge >= 0.3 is 5.97 Å². The number of benzene rings is 2. The predicted octanol–water partition coefficient (Wildman–Crippen LogP) is 7.59. The predicted molar refractivity (Wildman–Crippen MR) is 122 cm³/mol. The third-order valence-electron chi connectivity index (χ3n) is 6.35. The van der Waals surface area contributed by atoms with E-state index < -0.39 is 5.97 Å². The van der Waals surface area contributed by atoms with Crippen LogP contribution in [0.15, 0.2) is 48.5 Å². The summed E-state index contributed by atoms with van der Waals surface area (Å²) in [7, 11) is 0. The van der Waals surface area contributed by atoms with E-state index in [0.29, 0.717) is 17.9 Å². The van der Waals surface area contributed by atoms with E-state index in [1.165, 1.54) is 82.1 Å². The molecule has 31 heavy (non-hydrogen) atoms. The number of esters is 1. The molecule has 0 saturated heterocycles. The van der Waals surface area contributed by atoms with Crippen molar-refractivity contribution in [3.05, 3.63) is 59.9 Å². The van der Waals surface area contributed by atoms with Crippen LogP contribution in [0, 0.1) is 17.7 Å². The van der Waals surface area contributed by atoms with Crippen LogP contribution in [0.3, 0.4) is 0 Å². The van der Waals surface area contributed by atoms with Crippen LogP contribution in [0.1, 0.15) is 81.5 Å². The SMILES string of the molecule is CCCCCC1CCCCC1CCCOc1ccc(C(=O)Oc2ccc(F)cc2)cc1. The van der Waals surface area contributed by atoms with E-state index in [0.717, 1.165) is 24.0 Å². The molecule has 0 heterocycles. The zero-order valence-electron chi connectivity index (χ0n) is 18.7. The molecule has 2 atom stereocenters. The number of hydrogen-bond donors (Lipinski definition) is 0. The van der Waals surface area contributed by atoms with Gasteiger partial charge in [0, 0.05) is 0 Å². The molecule has 2 aromatic carbocycles. The molecule has 0 aliphatic heterocycles. The first kappa shape index (κ1) is 23.3. The van der Waals surface area contributed by atoms with Crippen molar-refractivity contribution in [3.63, 3.8) is 0 Å². The Morgan fingerprint density at radius 1 is 0.871 bits per heavy atom. The highest BCUT2D eigenvalue weighted by atomic mass is 19.1. The van der Waals surface area contributed by atoms with Crippen molar-refractivity contribution in [3.8, 4) is 11.5 Å². The first-order valence-electron chi connectivity index (χ1n) is 11.9. The lowest BCUT2D eigenvalue weighted by Crippen LogP contribution is -2.20. The van der Waals surface area contributed by atoms with Gasteiger partial charge in [0.1, 0.15) is 17.3 Å². The van der Waals surface area contributed by atoms with Crippen molar-refractivity contribution in [1.82, 2.24) is 0 Å². The number of hydrogen-bond acceptors (Lipinski definition) is 3. The van der Waals surface area contributed by atoms with Gasteiger partial charge in [-0.1, -0.05) is 58.3 Å². The molecule has 0 N–H and O–H groups in total. The molecule has 3 nitrogen and oxygen atoms in total. The third kappa shape index (κ3) is 7.68. The van der Waals surface area contributed by atoms with Crippen LogP contribution >= 0.6 is 0 Å². The average Bonchev–Trinajstić information content (AvgIpc) is 2.79. The first-order chi connectivity index (χ1) is 15.2. The van der Waals surface area contributed by atoms with Crippen LogP contribution < -0.4 is 9.47 Å². The molecule has 0 aromatic heterocycles. The Kier molecular flexibility index (Phi) is 9.39. The van der Waals surface area contributed by atoms with E-state index in [4.69, 9.17) is 9.47 Å². The van der Waals surface area contributed by atoms with Crippen LogP contribution in [-0.4, -0.2) is 12.6 Å². The molecule has 0 amide bonds. The number of halogens is 1. The molecular weight excluding hydrogens is 391 g/mol. The second-order valence-corrected chi connectivity index (χ2v) is 8.66. The normalized spacial score (nSPS) is 18.5. The summed E-state index contributed by atoms with van der Waals surface area (Å²) in [6.07, 6.45) is 13.3. The van der Waals surface area contributed by atoms with Gasteiger partial charge in [0.05, 0.1) is 12.2 Å². The molecule has 0 radical (unpaired) electrons. The molecule has 1 aliphatic carbocycles. The zero-order chi connectivity index (χ0) is 21.9. The van der Waals surface area contributed by atoms with Gasteiger partial charge in [-0.05, 0) is 73.2 Å². The summed E-state index contributed by atoms with van der Waals surface area (Å²) in [5, 5.41) is 0. The van der Waals surface area contributed by atoms with Crippen LogP contribution in [0.4, 0.5) is 4.39 Å². The highest BCUT2D eigenvalue weighted by Crippen LogP contribution is 2.36. The van der Waals surface area contributed by atoms with Crippen molar-refractivity contribution < 1.29 is 18.7 Å². The van der Waals surface area contributed by atoms with Gasteiger partial charge in [0.25, 0.3) is 0 Å². The molecule has 0 spiro atoms. The molecule has 1 saturated carbocycles. The standard InChI is InChI=1S/C27H35FO3/c1-2-3-4-8-21-9-5-6-10-22(21)11-7-20-30-25-16-12-23(13-17-25)27(29)31-26-18-14-24(28)15-19-26/h12-19,21-22H,2-11,20H2,1H3. The third-order valence-corrected chi connectivity index (χ3v) is 6.35. The van der Waals surface area contributed by atoms with Gasteiger partial charge in [0.15, 0.2) is 0 Å².